The Hall–Kier alpha value is -2.18. The van der Waals surface area contributed by atoms with Gasteiger partial charge in [-0.2, -0.15) is 0 Å². The number of ether oxygens (including phenoxy) is 1. The molecule has 0 radical (unpaired) electrons. The minimum atomic E-state index is -2.48. The van der Waals surface area contributed by atoms with E-state index in [1.165, 1.54) is 6.92 Å². The van der Waals surface area contributed by atoms with Gasteiger partial charge in [0.15, 0.2) is 0 Å². The third-order valence-electron chi connectivity index (χ3n) is 3.46. The molecule has 0 heterocycles. The monoisotopic (exact) mass is 329 g/mol. The van der Waals surface area contributed by atoms with Crippen molar-refractivity contribution in [1.82, 2.24) is 5.32 Å². The number of carboxylic acid groups (broad SMARTS) is 1. The van der Waals surface area contributed by atoms with Crippen LogP contribution < -0.4 is 5.32 Å². The van der Waals surface area contributed by atoms with Gasteiger partial charge in [-0.15, -0.1) is 0 Å². The lowest BCUT2D eigenvalue weighted by atomic mass is 9.97. The van der Waals surface area contributed by atoms with Crippen molar-refractivity contribution in [3.63, 3.8) is 0 Å². The van der Waals surface area contributed by atoms with Gasteiger partial charge in [0.05, 0.1) is 5.92 Å². The van der Waals surface area contributed by atoms with Gasteiger partial charge in [-0.05, 0) is 18.4 Å². The van der Waals surface area contributed by atoms with Crippen molar-refractivity contribution in [3.05, 3.63) is 35.9 Å². The van der Waals surface area contributed by atoms with Gasteiger partial charge in [-0.1, -0.05) is 37.3 Å². The van der Waals surface area contributed by atoms with Crippen LogP contribution in [0.1, 0.15) is 25.3 Å². The summed E-state index contributed by atoms with van der Waals surface area (Å²) in [5.41, 5.74) is 0.809. The van der Waals surface area contributed by atoms with Crippen LogP contribution in [-0.2, 0) is 16.1 Å². The van der Waals surface area contributed by atoms with Gasteiger partial charge >= 0.3 is 12.1 Å². The van der Waals surface area contributed by atoms with Crippen LogP contribution in [0.15, 0.2) is 30.3 Å². The third-order valence-corrected chi connectivity index (χ3v) is 3.46. The van der Waals surface area contributed by atoms with E-state index >= 15 is 0 Å². The summed E-state index contributed by atoms with van der Waals surface area (Å²) in [4.78, 5) is 22.6. The minimum absolute atomic E-state index is 0.0693. The van der Waals surface area contributed by atoms with Crippen molar-refractivity contribution in [1.29, 1.82) is 0 Å². The summed E-state index contributed by atoms with van der Waals surface area (Å²) in [6.07, 6.45) is -3.06. The summed E-state index contributed by atoms with van der Waals surface area (Å²) >= 11 is 0. The summed E-state index contributed by atoms with van der Waals surface area (Å²) in [5, 5.41) is 11.4. The van der Waals surface area contributed by atoms with Crippen LogP contribution in [0.2, 0.25) is 0 Å². The molecule has 0 saturated heterocycles. The lowest BCUT2D eigenvalue weighted by molar-refractivity contribution is -0.141. The molecule has 0 bridgehead atoms. The predicted molar refractivity (Wildman–Crippen MR) is 80.2 cm³/mol. The van der Waals surface area contributed by atoms with Gasteiger partial charge in [0.1, 0.15) is 6.61 Å². The molecule has 2 atom stereocenters. The molecule has 1 amide bonds. The predicted octanol–water partition coefficient (Wildman–Crippen LogP) is 3.30. The number of rotatable bonds is 9. The van der Waals surface area contributed by atoms with Gasteiger partial charge < -0.3 is 15.2 Å². The van der Waals surface area contributed by atoms with Crippen LogP contribution in [0.5, 0.6) is 0 Å². The molecule has 0 unspecified atom stereocenters. The molecular weight excluding hydrogens is 308 g/mol. The number of nitrogens with one attached hydrogen (secondary N) is 1. The van der Waals surface area contributed by atoms with Gasteiger partial charge in [0, 0.05) is 12.5 Å². The standard InChI is InChI=1S/C16H21F2NO4/c1-11(14(17)18)7-8-13(15(20)21)9-19-16(22)23-10-12-5-3-2-4-6-12/h2-6,11,13-14H,7-10H2,1H3,(H,19,22)(H,20,21)/t11-,13-/m0/s1. The van der Waals surface area contributed by atoms with E-state index in [9.17, 15) is 18.4 Å². The lowest BCUT2D eigenvalue weighted by Gasteiger charge is -2.16. The average molecular weight is 329 g/mol. The fourth-order valence-corrected chi connectivity index (χ4v) is 1.88. The Kier molecular flexibility index (Phi) is 8.01. The normalized spacial score (nSPS) is 13.4. The fourth-order valence-electron chi connectivity index (χ4n) is 1.88. The highest BCUT2D eigenvalue weighted by Gasteiger charge is 2.22. The van der Waals surface area contributed by atoms with Gasteiger partial charge in [-0.25, -0.2) is 13.6 Å². The van der Waals surface area contributed by atoms with E-state index in [2.05, 4.69) is 5.32 Å². The minimum Gasteiger partial charge on any atom is -0.481 e. The Morgan fingerprint density at radius 2 is 1.87 bits per heavy atom. The molecule has 0 aromatic heterocycles. The second-order valence-electron chi connectivity index (χ2n) is 5.37. The molecule has 5 nitrogen and oxygen atoms in total. The zero-order valence-electron chi connectivity index (χ0n) is 12.9. The zero-order chi connectivity index (χ0) is 17.2. The number of hydrogen-bond donors (Lipinski definition) is 2. The number of carboxylic acids is 1. The highest BCUT2D eigenvalue weighted by Crippen LogP contribution is 2.18. The molecule has 2 N–H and O–H groups in total. The van der Waals surface area contributed by atoms with Crippen LogP contribution in [0.3, 0.4) is 0 Å². The molecule has 1 aromatic carbocycles. The molecule has 7 heteroatoms. The van der Waals surface area contributed by atoms with Crippen molar-refractivity contribution >= 4 is 12.1 Å². The van der Waals surface area contributed by atoms with Crippen molar-refractivity contribution in [3.8, 4) is 0 Å². The zero-order valence-corrected chi connectivity index (χ0v) is 12.9. The highest BCUT2D eigenvalue weighted by molar-refractivity contribution is 5.72. The molecule has 0 saturated carbocycles. The first-order valence-corrected chi connectivity index (χ1v) is 7.35. The van der Waals surface area contributed by atoms with Crippen LogP contribution in [0.25, 0.3) is 0 Å². The Morgan fingerprint density at radius 1 is 1.22 bits per heavy atom. The maximum Gasteiger partial charge on any atom is 0.407 e. The fraction of sp³-hybridized carbons (Fsp3) is 0.500. The number of alkyl halides is 2. The number of carbonyl (C=O) groups is 2. The van der Waals surface area contributed by atoms with E-state index in [4.69, 9.17) is 9.84 Å². The molecule has 0 fully saturated rings. The number of amides is 1. The molecule has 0 aliphatic rings. The summed E-state index contributed by atoms with van der Waals surface area (Å²) < 4.78 is 29.8. The Balaban J connectivity index is 2.33. The van der Waals surface area contributed by atoms with Crippen molar-refractivity contribution < 1.29 is 28.2 Å². The molecule has 0 aliphatic carbocycles. The number of carbonyl (C=O) groups excluding carboxylic acids is 1. The van der Waals surface area contributed by atoms with Crippen molar-refractivity contribution in [2.24, 2.45) is 11.8 Å². The summed E-state index contributed by atoms with van der Waals surface area (Å²) in [7, 11) is 0. The van der Waals surface area contributed by atoms with E-state index in [0.717, 1.165) is 5.56 Å². The average Bonchev–Trinajstić information content (AvgIpc) is 2.53. The molecule has 0 spiro atoms. The number of aliphatic carboxylic acids is 1. The number of hydrogen-bond acceptors (Lipinski definition) is 3. The Labute approximate surface area is 133 Å². The van der Waals surface area contributed by atoms with Crippen molar-refractivity contribution in [2.75, 3.05) is 6.54 Å². The second-order valence-corrected chi connectivity index (χ2v) is 5.37. The Morgan fingerprint density at radius 3 is 2.43 bits per heavy atom. The summed E-state index contributed by atoms with van der Waals surface area (Å²) in [5.74, 6) is -2.92. The molecule has 0 aliphatic heterocycles. The van der Waals surface area contributed by atoms with Crippen LogP contribution >= 0.6 is 0 Å². The topological polar surface area (TPSA) is 75.6 Å². The van der Waals surface area contributed by atoms with E-state index < -0.39 is 30.3 Å². The van der Waals surface area contributed by atoms with Crippen LogP contribution in [-0.4, -0.2) is 30.1 Å². The smallest absolute Gasteiger partial charge is 0.407 e. The number of benzene rings is 1. The highest BCUT2D eigenvalue weighted by atomic mass is 19.3. The molecular formula is C16H21F2NO4. The summed E-state index contributed by atoms with van der Waals surface area (Å²) in [6.45, 7) is 1.29. The van der Waals surface area contributed by atoms with Gasteiger partial charge in [0.2, 0.25) is 6.43 Å². The largest absolute Gasteiger partial charge is 0.481 e. The van der Waals surface area contributed by atoms with E-state index in [0.29, 0.717) is 0 Å². The summed E-state index contributed by atoms with van der Waals surface area (Å²) in [6, 6.07) is 9.03. The van der Waals surface area contributed by atoms with E-state index in [1.807, 2.05) is 6.07 Å². The SMILES string of the molecule is C[C@@H](CC[C@@H](CNC(=O)OCc1ccccc1)C(=O)O)C(F)F. The third kappa shape index (κ3) is 7.58. The van der Waals surface area contributed by atoms with Crippen molar-refractivity contribution in [2.45, 2.75) is 32.8 Å². The molecule has 1 rings (SSSR count). The quantitative estimate of drug-likeness (QED) is 0.729. The van der Waals surface area contributed by atoms with Crippen LogP contribution in [0, 0.1) is 11.8 Å². The molecule has 23 heavy (non-hydrogen) atoms. The van der Waals surface area contributed by atoms with Gasteiger partial charge in [0.25, 0.3) is 0 Å². The maximum atomic E-state index is 12.4. The first-order chi connectivity index (χ1) is 10.9. The van der Waals surface area contributed by atoms with E-state index in [-0.39, 0.29) is 26.0 Å². The van der Waals surface area contributed by atoms with E-state index in [1.54, 1.807) is 24.3 Å². The Bertz CT molecular complexity index is 496. The first-order valence-electron chi connectivity index (χ1n) is 7.35. The second kappa shape index (κ2) is 9.76. The van der Waals surface area contributed by atoms with Crippen LogP contribution in [0.4, 0.5) is 13.6 Å². The lowest BCUT2D eigenvalue weighted by Crippen LogP contribution is -2.33. The first kappa shape index (κ1) is 18.9. The molecule has 128 valence electrons. The molecule has 1 aromatic rings. The maximum absolute atomic E-state index is 12.4. The van der Waals surface area contributed by atoms with Gasteiger partial charge in [-0.3, -0.25) is 4.79 Å². The number of halogens is 2. The number of alkyl carbamates (subject to hydrolysis) is 1.